The second-order valence-electron chi connectivity index (χ2n) is 4.41. The number of nitrogens with zero attached hydrogens (tertiary/aromatic N) is 3. The number of ketones is 1. The minimum Gasteiger partial charge on any atom is -0.372 e. The maximum absolute atomic E-state index is 12.1. The minimum absolute atomic E-state index is 0.0794. The van der Waals surface area contributed by atoms with Crippen LogP contribution in [0.5, 0.6) is 0 Å². The lowest BCUT2D eigenvalue weighted by molar-refractivity contribution is 0.1000. The molecule has 0 atom stereocenters. The zero-order valence-electron chi connectivity index (χ0n) is 10.2. The fraction of sp³-hybridized carbons (Fsp3) is 0.308. The summed E-state index contributed by atoms with van der Waals surface area (Å²) in [6.07, 6.45) is 2.10. The van der Waals surface area contributed by atoms with Crippen LogP contribution in [0.25, 0.3) is 11.0 Å². The van der Waals surface area contributed by atoms with Crippen LogP contribution in [0.4, 0.5) is 0 Å². The van der Waals surface area contributed by atoms with Crippen LogP contribution in [0.15, 0.2) is 29.5 Å². The Morgan fingerprint density at radius 3 is 3.17 bits per heavy atom. The van der Waals surface area contributed by atoms with E-state index in [0.717, 1.165) is 30.0 Å². The van der Waals surface area contributed by atoms with Crippen molar-refractivity contribution in [3.05, 3.63) is 30.1 Å². The third-order valence-corrected chi connectivity index (χ3v) is 3.12. The summed E-state index contributed by atoms with van der Waals surface area (Å²) in [6.45, 7) is 1.60. The van der Waals surface area contributed by atoms with E-state index in [1.807, 2.05) is 29.8 Å². The van der Waals surface area contributed by atoms with Gasteiger partial charge in [0.15, 0.2) is 5.78 Å². The van der Waals surface area contributed by atoms with Gasteiger partial charge in [0.2, 0.25) is 0 Å². The van der Waals surface area contributed by atoms with E-state index in [-0.39, 0.29) is 5.78 Å². The normalized spacial score (nSPS) is 14.6. The molecule has 0 aliphatic carbocycles. The van der Waals surface area contributed by atoms with Crippen LogP contribution >= 0.6 is 0 Å². The standard InChI is InChI=1S/C13H14N4O/c1-17-8-16-10-6-9(2-3-11(10)17)12(18)7-13-14-4-5-15-13/h2-3,6,8H,4-5,7H2,1H3,(H,14,15). The third-order valence-electron chi connectivity index (χ3n) is 3.12. The molecule has 1 N–H and O–H groups in total. The van der Waals surface area contributed by atoms with Crippen molar-refractivity contribution >= 4 is 22.7 Å². The molecule has 18 heavy (non-hydrogen) atoms. The number of fused-ring (bicyclic) bond motifs is 1. The molecule has 0 amide bonds. The van der Waals surface area contributed by atoms with Crippen molar-refractivity contribution in [3.8, 4) is 0 Å². The van der Waals surface area contributed by atoms with Gasteiger partial charge >= 0.3 is 0 Å². The van der Waals surface area contributed by atoms with Crippen LogP contribution in [0.2, 0.25) is 0 Å². The Hall–Kier alpha value is -2.17. The molecule has 0 fully saturated rings. The molecule has 0 saturated heterocycles. The SMILES string of the molecule is Cn1cnc2cc(C(=O)CC3=NCCN3)ccc21. The molecule has 0 bridgehead atoms. The monoisotopic (exact) mass is 242 g/mol. The van der Waals surface area contributed by atoms with E-state index >= 15 is 0 Å². The number of Topliss-reactive ketones (excluding diaryl/α,β-unsaturated/α-hetero) is 1. The first-order valence-electron chi connectivity index (χ1n) is 5.95. The van der Waals surface area contributed by atoms with Gasteiger partial charge in [-0.2, -0.15) is 0 Å². The fourth-order valence-electron chi connectivity index (χ4n) is 2.13. The summed E-state index contributed by atoms with van der Waals surface area (Å²) < 4.78 is 1.94. The molecule has 0 unspecified atom stereocenters. The number of aliphatic imine (C=N–C) groups is 1. The van der Waals surface area contributed by atoms with Gasteiger partial charge in [-0.15, -0.1) is 0 Å². The maximum atomic E-state index is 12.1. The van der Waals surface area contributed by atoms with Crippen LogP contribution in [-0.2, 0) is 7.05 Å². The lowest BCUT2D eigenvalue weighted by Crippen LogP contribution is -2.21. The highest BCUT2D eigenvalue weighted by molar-refractivity contribution is 6.10. The van der Waals surface area contributed by atoms with Gasteiger partial charge in [-0.1, -0.05) is 0 Å². The number of hydrogen-bond donors (Lipinski definition) is 1. The number of carbonyl (C=O) groups excluding carboxylic acids is 1. The smallest absolute Gasteiger partial charge is 0.170 e. The van der Waals surface area contributed by atoms with E-state index in [0.29, 0.717) is 12.0 Å². The molecule has 5 heteroatoms. The number of hydrogen-bond acceptors (Lipinski definition) is 4. The Morgan fingerprint density at radius 2 is 2.39 bits per heavy atom. The Bertz CT molecular complexity index is 641. The molecular weight excluding hydrogens is 228 g/mol. The second kappa shape index (κ2) is 4.25. The molecular formula is C13H14N4O. The third kappa shape index (κ3) is 1.88. The Kier molecular flexibility index (Phi) is 2.59. The number of nitrogens with one attached hydrogen (secondary N) is 1. The van der Waals surface area contributed by atoms with Crippen molar-refractivity contribution in [3.63, 3.8) is 0 Å². The average Bonchev–Trinajstić information content (AvgIpc) is 2.99. The average molecular weight is 242 g/mol. The van der Waals surface area contributed by atoms with Gasteiger partial charge in [-0.3, -0.25) is 9.79 Å². The minimum atomic E-state index is 0.0794. The zero-order valence-corrected chi connectivity index (χ0v) is 10.2. The van der Waals surface area contributed by atoms with Crippen LogP contribution in [0.3, 0.4) is 0 Å². The van der Waals surface area contributed by atoms with Gasteiger partial charge in [0.25, 0.3) is 0 Å². The van der Waals surface area contributed by atoms with Crippen molar-refractivity contribution in [1.82, 2.24) is 14.9 Å². The first-order chi connectivity index (χ1) is 8.74. The molecule has 0 saturated carbocycles. The van der Waals surface area contributed by atoms with Gasteiger partial charge in [-0.25, -0.2) is 4.98 Å². The highest BCUT2D eigenvalue weighted by Gasteiger charge is 2.13. The Labute approximate surface area is 105 Å². The van der Waals surface area contributed by atoms with E-state index in [4.69, 9.17) is 0 Å². The van der Waals surface area contributed by atoms with E-state index in [1.54, 1.807) is 6.33 Å². The predicted molar refractivity (Wildman–Crippen MR) is 70.0 cm³/mol. The second-order valence-corrected chi connectivity index (χ2v) is 4.41. The van der Waals surface area contributed by atoms with E-state index in [9.17, 15) is 4.79 Å². The molecule has 2 aromatic rings. The van der Waals surface area contributed by atoms with Crippen molar-refractivity contribution in [2.75, 3.05) is 13.1 Å². The number of rotatable bonds is 3. The van der Waals surface area contributed by atoms with Gasteiger partial charge < -0.3 is 9.88 Å². The van der Waals surface area contributed by atoms with Crippen LogP contribution in [-0.4, -0.2) is 34.3 Å². The summed E-state index contributed by atoms with van der Waals surface area (Å²) in [7, 11) is 1.94. The van der Waals surface area contributed by atoms with Gasteiger partial charge in [-0.05, 0) is 18.2 Å². The van der Waals surface area contributed by atoms with Crippen LogP contribution in [0.1, 0.15) is 16.8 Å². The highest BCUT2D eigenvalue weighted by Crippen LogP contribution is 2.15. The van der Waals surface area contributed by atoms with Gasteiger partial charge in [0.1, 0.15) is 5.84 Å². The number of benzene rings is 1. The first-order valence-corrected chi connectivity index (χ1v) is 5.95. The summed E-state index contributed by atoms with van der Waals surface area (Å²) in [5.41, 5.74) is 2.57. The summed E-state index contributed by atoms with van der Waals surface area (Å²) >= 11 is 0. The summed E-state index contributed by atoms with van der Waals surface area (Å²) in [5, 5.41) is 3.11. The molecule has 0 spiro atoms. The topological polar surface area (TPSA) is 59.3 Å². The predicted octanol–water partition coefficient (Wildman–Crippen LogP) is 1.15. The molecule has 1 aromatic heterocycles. The van der Waals surface area contributed by atoms with Crippen molar-refractivity contribution in [1.29, 1.82) is 0 Å². The van der Waals surface area contributed by atoms with Crippen molar-refractivity contribution < 1.29 is 4.79 Å². The molecule has 3 rings (SSSR count). The molecule has 1 aromatic carbocycles. The fourth-order valence-corrected chi connectivity index (χ4v) is 2.13. The van der Waals surface area contributed by atoms with E-state index in [2.05, 4.69) is 15.3 Å². The molecule has 2 heterocycles. The van der Waals surface area contributed by atoms with Gasteiger partial charge in [0, 0.05) is 19.2 Å². The van der Waals surface area contributed by atoms with Crippen molar-refractivity contribution in [2.24, 2.45) is 12.0 Å². The summed E-state index contributed by atoms with van der Waals surface area (Å²) in [5.74, 6) is 0.872. The number of carbonyl (C=O) groups is 1. The lowest BCUT2D eigenvalue weighted by atomic mass is 10.1. The van der Waals surface area contributed by atoms with Crippen LogP contribution < -0.4 is 5.32 Å². The molecule has 1 aliphatic heterocycles. The van der Waals surface area contributed by atoms with Crippen molar-refractivity contribution in [2.45, 2.75) is 6.42 Å². The van der Waals surface area contributed by atoms with E-state index in [1.165, 1.54) is 0 Å². The maximum Gasteiger partial charge on any atom is 0.170 e. The first kappa shape index (κ1) is 11.0. The zero-order chi connectivity index (χ0) is 12.5. The molecule has 5 nitrogen and oxygen atoms in total. The number of imidazole rings is 1. The van der Waals surface area contributed by atoms with Crippen LogP contribution in [0, 0.1) is 0 Å². The molecule has 1 aliphatic rings. The Balaban J connectivity index is 1.87. The largest absolute Gasteiger partial charge is 0.372 e. The Morgan fingerprint density at radius 1 is 1.50 bits per heavy atom. The number of amidine groups is 1. The number of aryl methyl sites for hydroxylation is 1. The lowest BCUT2D eigenvalue weighted by Gasteiger charge is -2.02. The van der Waals surface area contributed by atoms with E-state index < -0.39 is 0 Å². The molecule has 0 radical (unpaired) electrons. The highest BCUT2D eigenvalue weighted by atomic mass is 16.1. The summed E-state index contributed by atoms with van der Waals surface area (Å²) in [6, 6.07) is 5.62. The van der Waals surface area contributed by atoms with Gasteiger partial charge in [0.05, 0.1) is 30.3 Å². The molecule has 92 valence electrons. The quantitative estimate of drug-likeness (QED) is 0.821. The summed E-state index contributed by atoms with van der Waals surface area (Å²) in [4.78, 5) is 20.6. The number of aromatic nitrogens is 2.